The summed E-state index contributed by atoms with van der Waals surface area (Å²) in [5, 5.41) is 21.7. The van der Waals surface area contributed by atoms with Crippen LogP contribution < -0.4 is 4.74 Å². The standard InChI is InChI=1S/C16H20N4O2S/c1-22-13-9-5-8-12(14(13)21)10-17-20-15(18-19-16(20)23)11-6-3-2-4-7-11/h5,8-11,21H,2-4,6-7H2,1H3,(H,19,23). The lowest BCUT2D eigenvalue weighted by molar-refractivity contribution is 0.373. The van der Waals surface area contributed by atoms with Gasteiger partial charge in [0.25, 0.3) is 0 Å². The Hall–Kier alpha value is -2.15. The molecule has 0 bridgehead atoms. The second kappa shape index (κ2) is 6.95. The molecular formula is C16H20N4O2S. The zero-order valence-corrected chi connectivity index (χ0v) is 13.8. The molecule has 1 saturated carbocycles. The van der Waals surface area contributed by atoms with E-state index in [0.717, 1.165) is 18.7 Å². The third-order valence-corrected chi connectivity index (χ3v) is 4.47. The molecule has 1 aromatic heterocycles. The van der Waals surface area contributed by atoms with E-state index in [0.29, 0.717) is 22.0 Å². The van der Waals surface area contributed by atoms with Crippen molar-refractivity contribution in [3.8, 4) is 11.5 Å². The van der Waals surface area contributed by atoms with Crippen molar-refractivity contribution < 1.29 is 9.84 Å². The average molecular weight is 332 g/mol. The van der Waals surface area contributed by atoms with E-state index >= 15 is 0 Å². The largest absolute Gasteiger partial charge is 0.504 e. The van der Waals surface area contributed by atoms with Gasteiger partial charge in [0.05, 0.1) is 13.3 Å². The fourth-order valence-electron chi connectivity index (χ4n) is 2.97. The highest BCUT2D eigenvalue weighted by Gasteiger charge is 2.21. The molecule has 2 N–H and O–H groups in total. The monoisotopic (exact) mass is 332 g/mol. The topological polar surface area (TPSA) is 75.4 Å². The summed E-state index contributed by atoms with van der Waals surface area (Å²) in [7, 11) is 1.52. The summed E-state index contributed by atoms with van der Waals surface area (Å²) in [4.78, 5) is 0. The maximum Gasteiger partial charge on any atom is 0.216 e. The zero-order valence-electron chi connectivity index (χ0n) is 13.0. The van der Waals surface area contributed by atoms with Crippen LogP contribution in [0.4, 0.5) is 0 Å². The van der Waals surface area contributed by atoms with E-state index < -0.39 is 0 Å². The molecule has 0 unspecified atom stereocenters. The molecule has 6 nitrogen and oxygen atoms in total. The number of nitrogens with zero attached hydrogens (tertiary/aromatic N) is 3. The number of para-hydroxylation sites is 1. The van der Waals surface area contributed by atoms with Gasteiger partial charge in [-0.25, -0.2) is 0 Å². The number of rotatable bonds is 4. The van der Waals surface area contributed by atoms with Crippen LogP contribution >= 0.6 is 12.2 Å². The molecule has 1 aliphatic carbocycles. The van der Waals surface area contributed by atoms with Crippen LogP contribution in [-0.4, -0.2) is 33.3 Å². The van der Waals surface area contributed by atoms with Crippen LogP contribution in [0.25, 0.3) is 0 Å². The number of ether oxygens (including phenoxy) is 1. The number of hydrogen-bond donors (Lipinski definition) is 2. The number of benzene rings is 1. The Labute approximate surface area is 139 Å². The molecule has 1 aromatic carbocycles. The Bertz CT molecular complexity index is 760. The maximum atomic E-state index is 10.1. The average Bonchev–Trinajstić information content (AvgIpc) is 2.95. The molecule has 1 heterocycles. The van der Waals surface area contributed by atoms with Gasteiger partial charge in [-0.15, -0.1) is 0 Å². The maximum absolute atomic E-state index is 10.1. The van der Waals surface area contributed by atoms with E-state index in [9.17, 15) is 5.11 Å². The molecule has 0 aliphatic heterocycles. The summed E-state index contributed by atoms with van der Waals surface area (Å²) in [6.45, 7) is 0. The first-order valence-corrected chi connectivity index (χ1v) is 8.19. The molecule has 0 amide bonds. The van der Waals surface area contributed by atoms with Crippen molar-refractivity contribution in [2.75, 3.05) is 7.11 Å². The third-order valence-electron chi connectivity index (χ3n) is 4.21. The number of phenolic OH excluding ortho intramolecular Hbond substituents is 1. The molecule has 122 valence electrons. The van der Waals surface area contributed by atoms with Gasteiger partial charge in [0, 0.05) is 11.5 Å². The quantitative estimate of drug-likeness (QED) is 0.663. The number of H-pyrrole nitrogens is 1. The van der Waals surface area contributed by atoms with Crippen molar-refractivity contribution in [1.82, 2.24) is 14.9 Å². The second-order valence-electron chi connectivity index (χ2n) is 5.68. The molecular weight excluding hydrogens is 312 g/mol. The minimum Gasteiger partial charge on any atom is -0.504 e. The van der Waals surface area contributed by atoms with Crippen LogP contribution in [0, 0.1) is 4.77 Å². The smallest absolute Gasteiger partial charge is 0.216 e. The first kappa shape index (κ1) is 15.7. The molecule has 1 aliphatic rings. The van der Waals surface area contributed by atoms with Crippen molar-refractivity contribution in [2.45, 2.75) is 38.0 Å². The molecule has 1 fully saturated rings. The van der Waals surface area contributed by atoms with Crippen molar-refractivity contribution in [3.63, 3.8) is 0 Å². The predicted molar refractivity (Wildman–Crippen MR) is 90.9 cm³/mol. The summed E-state index contributed by atoms with van der Waals surface area (Å²) in [5.74, 6) is 1.73. The Kier molecular flexibility index (Phi) is 4.76. The Morgan fingerprint density at radius 2 is 2.17 bits per heavy atom. The van der Waals surface area contributed by atoms with Gasteiger partial charge < -0.3 is 9.84 Å². The number of methoxy groups -OCH3 is 1. The third kappa shape index (κ3) is 3.29. The van der Waals surface area contributed by atoms with E-state index in [1.54, 1.807) is 29.1 Å². The number of nitrogens with one attached hydrogen (secondary N) is 1. The second-order valence-corrected chi connectivity index (χ2v) is 6.06. The lowest BCUT2D eigenvalue weighted by Gasteiger charge is -2.19. The molecule has 2 aromatic rings. The van der Waals surface area contributed by atoms with Crippen molar-refractivity contribution in [1.29, 1.82) is 0 Å². The van der Waals surface area contributed by atoms with E-state index in [1.807, 2.05) is 0 Å². The first-order valence-electron chi connectivity index (χ1n) is 7.78. The van der Waals surface area contributed by atoms with Crippen molar-refractivity contribution in [3.05, 3.63) is 34.4 Å². The molecule has 0 atom stereocenters. The van der Waals surface area contributed by atoms with Gasteiger partial charge in [-0.2, -0.15) is 14.9 Å². The van der Waals surface area contributed by atoms with E-state index in [2.05, 4.69) is 15.3 Å². The normalized spacial score (nSPS) is 16.0. The molecule has 7 heteroatoms. The number of aromatic amines is 1. The van der Waals surface area contributed by atoms with Crippen molar-refractivity contribution in [2.24, 2.45) is 5.10 Å². The minimum absolute atomic E-state index is 0.0629. The fraction of sp³-hybridized carbons (Fsp3) is 0.438. The molecule has 0 radical (unpaired) electrons. The SMILES string of the molecule is COc1cccc(C=Nn2c(C3CCCCC3)n[nH]c2=S)c1O. The van der Waals surface area contributed by atoms with Gasteiger partial charge in [-0.3, -0.25) is 5.10 Å². The minimum atomic E-state index is 0.0629. The number of aromatic hydroxyl groups is 1. The summed E-state index contributed by atoms with van der Waals surface area (Å²) >= 11 is 5.28. The number of aromatic nitrogens is 3. The van der Waals surface area contributed by atoms with Crippen LogP contribution in [0.2, 0.25) is 0 Å². The summed E-state index contributed by atoms with van der Waals surface area (Å²) < 4.78 is 7.23. The van der Waals surface area contributed by atoms with E-state index in [-0.39, 0.29) is 5.75 Å². The molecule has 0 spiro atoms. The van der Waals surface area contributed by atoms with Gasteiger partial charge in [0.2, 0.25) is 4.77 Å². The van der Waals surface area contributed by atoms with Gasteiger partial charge in [0.1, 0.15) is 0 Å². The zero-order chi connectivity index (χ0) is 16.2. The van der Waals surface area contributed by atoms with Gasteiger partial charge >= 0.3 is 0 Å². The van der Waals surface area contributed by atoms with Crippen LogP contribution in [0.1, 0.15) is 49.4 Å². The predicted octanol–water partition coefficient (Wildman–Crippen LogP) is 3.58. The summed E-state index contributed by atoms with van der Waals surface area (Å²) in [5.41, 5.74) is 0.571. The molecule has 3 rings (SSSR count). The Morgan fingerprint density at radius 3 is 2.91 bits per heavy atom. The van der Waals surface area contributed by atoms with Crippen LogP contribution in [-0.2, 0) is 0 Å². The van der Waals surface area contributed by atoms with Crippen LogP contribution in [0.3, 0.4) is 0 Å². The van der Waals surface area contributed by atoms with Gasteiger partial charge in [0.15, 0.2) is 17.3 Å². The molecule has 23 heavy (non-hydrogen) atoms. The Balaban J connectivity index is 1.91. The number of hydrogen-bond acceptors (Lipinski definition) is 5. The highest BCUT2D eigenvalue weighted by Crippen LogP contribution is 2.32. The van der Waals surface area contributed by atoms with E-state index in [1.165, 1.54) is 26.4 Å². The van der Waals surface area contributed by atoms with E-state index in [4.69, 9.17) is 17.0 Å². The molecule has 0 saturated heterocycles. The lowest BCUT2D eigenvalue weighted by atomic mass is 9.89. The van der Waals surface area contributed by atoms with Crippen molar-refractivity contribution >= 4 is 18.4 Å². The highest BCUT2D eigenvalue weighted by atomic mass is 32.1. The van der Waals surface area contributed by atoms with Gasteiger partial charge in [-0.05, 0) is 37.2 Å². The highest BCUT2D eigenvalue weighted by molar-refractivity contribution is 7.71. The number of phenols is 1. The lowest BCUT2D eigenvalue weighted by Crippen LogP contribution is -2.10. The fourth-order valence-corrected chi connectivity index (χ4v) is 3.15. The Morgan fingerprint density at radius 1 is 1.39 bits per heavy atom. The van der Waals surface area contributed by atoms with Gasteiger partial charge in [-0.1, -0.05) is 25.3 Å². The first-order chi connectivity index (χ1) is 11.2. The summed E-state index contributed by atoms with van der Waals surface area (Å²) in [6, 6.07) is 5.27. The summed E-state index contributed by atoms with van der Waals surface area (Å²) in [6.07, 6.45) is 7.51. The van der Waals surface area contributed by atoms with Crippen LogP contribution in [0.15, 0.2) is 23.3 Å². The van der Waals surface area contributed by atoms with Crippen LogP contribution in [0.5, 0.6) is 11.5 Å².